The Morgan fingerprint density at radius 1 is 0.778 bits per heavy atom. The third kappa shape index (κ3) is 2.78. The highest BCUT2D eigenvalue weighted by Gasteiger charge is 1.83. The minimum Gasteiger partial charge on any atom is -0.0843 e. The Morgan fingerprint density at radius 2 is 1.00 bits per heavy atom. The van der Waals surface area contributed by atoms with Crippen LogP contribution in [-0.2, 0) is 0 Å². The second-order valence-electron chi connectivity index (χ2n) is 1.44. The molecule has 0 heterocycles. The molecule has 3 radical (unpaired) electrons. The van der Waals surface area contributed by atoms with Gasteiger partial charge in [-0.05, 0) is 24.3 Å². The Kier molecular flexibility index (Phi) is 3.75. The summed E-state index contributed by atoms with van der Waals surface area (Å²) in [4.78, 5) is 0. The molecule has 1 aromatic rings. The van der Waals surface area contributed by atoms with Crippen LogP contribution in [0.4, 0.5) is 0 Å². The summed E-state index contributed by atoms with van der Waals surface area (Å²) >= 11 is 11.1. The summed E-state index contributed by atoms with van der Waals surface area (Å²) < 4.78 is 0. The van der Waals surface area contributed by atoms with Crippen LogP contribution in [0.1, 0.15) is 0 Å². The summed E-state index contributed by atoms with van der Waals surface area (Å²) in [5.41, 5.74) is 0. The number of halogens is 2. The molecule has 0 atom stereocenters. The van der Waals surface area contributed by atoms with Crippen LogP contribution >= 0.6 is 23.2 Å². The van der Waals surface area contributed by atoms with Crippen molar-refractivity contribution in [3.05, 3.63) is 34.3 Å². The van der Waals surface area contributed by atoms with Crippen LogP contribution < -0.4 is 0 Å². The Morgan fingerprint density at radius 3 is 1.22 bits per heavy atom. The van der Waals surface area contributed by atoms with E-state index in [1.54, 1.807) is 24.3 Å². The second kappa shape index (κ2) is 3.81. The summed E-state index contributed by atoms with van der Waals surface area (Å²) in [6.07, 6.45) is 0. The molecule has 0 amide bonds. The van der Waals surface area contributed by atoms with E-state index in [1.165, 1.54) is 0 Å². The molecule has 0 aliphatic rings. The number of benzene rings is 1. The fourth-order valence-electron chi connectivity index (χ4n) is 0.430. The van der Waals surface area contributed by atoms with Crippen molar-refractivity contribution in [3.8, 4) is 0 Å². The van der Waals surface area contributed by atoms with E-state index in [0.717, 1.165) is 10.0 Å². The molecule has 0 aromatic heterocycles. The number of hydrogen-bond acceptors (Lipinski definition) is 0. The van der Waals surface area contributed by atoms with Crippen molar-refractivity contribution < 1.29 is 0 Å². The standard InChI is InChI=1S/C6H4Cl2.B/c7-5-1-2-6(8)4-3-5;/h1-4H;. The van der Waals surface area contributed by atoms with Crippen molar-refractivity contribution in [1.82, 2.24) is 0 Å². The largest absolute Gasteiger partial charge is 0.0843 e. The highest BCUT2D eigenvalue weighted by atomic mass is 35.5. The molecule has 3 heteroatoms. The van der Waals surface area contributed by atoms with Crippen LogP contribution in [0.5, 0.6) is 0 Å². The summed E-state index contributed by atoms with van der Waals surface area (Å²) in [7, 11) is 0. The maximum Gasteiger partial charge on any atom is 0.0407 e. The molecule has 45 valence electrons. The first-order valence-electron chi connectivity index (χ1n) is 2.20. The molecule has 0 unspecified atom stereocenters. The van der Waals surface area contributed by atoms with Gasteiger partial charge >= 0.3 is 0 Å². The van der Waals surface area contributed by atoms with Gasteiger partial charge in [-0.25, -0.2) is 0 Å². The molecule has 0 spiro atoms. The molecule has 0 bridgehead atoms. The molecule has 0 saturated heterocycles. The van der Waals surface area contributed by atoms with Crippen molar-refractivity contribution in [1.29, 1.82) is 0 Å². The molecular weight excluding hydrogens is 154 g/mol. The van der Waals surface area contributed by atoms with Crippen LogP contribution in [-0.4, -0.2) is 8.41 Å². The maximum atomic E-state index is 5.55. The normalized spacial score (nSPS) is 8.22. The monoisotopic (exact) mass is 157 g/mol. The third-order valence-corrected chi connectivity index (χ3v) is 1.31. The van der Waals surface area contributed by atoms with Gasteiger partial charge in [0.25, 0.3) is 0 Å². The Hall–Kier alpha value is -0.135. The molecule has 1 rings (SSSR count). The lowest BCUT2D eigenvalue weighted by Gasteiger charge is -1.86. The quantitative estimate of drug-likeness (QED) is 0.508. The van der Waals surface area contributed by atoms with Crippen LogP contribution in [0.3, 0.4) is 0 Å². The predicted molar refractivity (Wildman–Crippen MR) is 42.2 cm³/mol. The lowest BCUT2D eigenvalue weighted by Crippen LogP contribution is -1.60. The minimum absolute atomic E-state index is 0. The molecule has 0 saturated carbocycles. The van der Waals surface area contributed by atoms with Crippen molar-refractivity contribution in [2.24, 2.45) is 0 Å². The van der Waals surface area contributed by atoms with E-state index >= 15 is 0 Å². The van der Waals surface area contributed by atoms with Gasteiger partial charge in [0.1, 0.15) is 0 Å². The highest BCUT2D eigenvalue weighted by molar-refractivity contribution is 6.32. The van der Waals surface area contributed by atoms with Crippen molar-refractivity contribution in [3.63, 3.8) is 0 Å². The van der Waals surface area contributed by atoms with Crippen LogP contribution in [0.15, 0.2) is 24.3 Å². The van der Waals surface area contributed by atoms with Crippen LogP contribution in [0.25, 0.3) is 0 Å². The predicted octanol–water partition coefficient (Wildman–Crippen LogP) is 2.61. The van der Waals surface area contributed by atoms with E-state index in [9.17, 15) is 0 Å². The van der Waals surface area contributed by atoms with Crippen molar-refractivity contribution in [2.75, 3.05) is 0 Å². The highest BCUT2D eigenvalue weighted by Crippen LogP contribution is 2.12. The smallest absolute Gasteiger partial charge is 0.0407 e. The molecule has 9 heavy (non-hydrogen) atoms. The molecule has 0 N–H and O–H groups in total. The van der Waals surface area contributed by atoms with Gasteiger partial charge in [-0.2, -0.15) is 0 Å². The molecule has 0 fully saturated rings. The Bertz CT molecular complexity index is 150. The zero-order valence-electron chi connectivity index (χ0n) is 4.64. The van der Waals surface area contributed by atoms with Gasteiger partial charge in [-0.3, -0.25) is 0 Å². The van der Waals surface area contributed by atoms with Gasteiger partial charge in [-0.15, -0.1) is 0 Å². The zero-order chi connectivity index (χ0) is 5.98. The summed E-state index contributed by atoms with van der Waals surface area (Å²) in [5.74, 6) is 0. The topological polar surface area (TPSA) is 0 Å². The average Bonchev–Trinajstić information content (AvgIpc) is 1.77. The first-order chi connectivity index (χ1) is 3.79. The molecule has 0 nitrogen and oxygen atoms in total. The van der Waals surface area contributed by atoms with E-state index in [4.69, 9.17) is 23.2 Å². The average molecular weight is 158 g/mol. The van der Waals surface area contributed by atoms with Gasteiger partial charge in [0.15, 0.2) is 0 Å². The zero-order valence-corrected chi connectivity index (χ0v) is 6.15. The Labute approximate surface area is 66.4 Å². The van der Waals surface area contributed by atoms with Crippen molar-refractivity contribution >= 4 is 31.6 Å². The summed E-state index contributed by atoms with van der Waals surface area (Å²) in [5, 5.41) is 1.43. The second-order valence-corrected chi connectivity index (χ2v) is 2.31. The SMILES string of the molecule is Clc1ccc(Cl)cc1.[B]. The van der Waals surface area contributed by atoms with Gasteiger partial charge < -0.3 is 0 Å². The van der Waals surface area contributed by atoms with E-state index in [-0.39, 0.29) is 8.41 Å². The fourth-order valence-corrected chi connectivity index (χ4v) is 0.682. The van der Waals surface area contributed by atoms with Gasteiger partial charge in [0.05, 0.1) is 0 Å². The van der Waals surface area contributed by atoms with E-state index < -0.39 is 0 Å². The van der Waals surface area contributed by atoms with E-state index in [2.05, 4.69) is 0 Å². The van der Waals surface area contributed by atoms with Crippen molar-refractivity contribution in [2.45, 2.75) is 0 Å². The summed E-state index contributed by atoms with van der Waals surface area (Å²) in [6.45, 7) is 0. The molecule has 0 aliphatic heterocycles. The molecule has 1 aromatic carbocycles. The lowest BCUT2D eigenvalue weighted by atomic mass is 10.4. The molecule has 0 aliphatic carbocycles. The van der Waals surface area contributed by atoms with Gasteiger partial charge in [-0.1, -0.05) is 23.2 Å². The van der Waals surface area contributed by atoms with E-state index in [0.29, 0.717) is 0 Å². The Balaban J connectivity index is 0.000000640. The molecular formula is C6H4BCl2. The lowest BCUT2D eigenvalue weighted by molar-refractivity contribution is 1.71. The van der Waals surface area contributed by atoms with Gasteiger partial charge in [0.2, 0.25) is 0 Å². The first-order valence-corrected chi connectivity index (χ1v) is 2.96. The van der Waals surface area contributed by atoms with Crippen LogP contribution in [0, 0.1) is 0 Å². The number of rotatable bonds is 0. The first kappa shape index (κ1) is 8.86. The fraction of sp³-hybridized carbons (Fsp3) is 0. The van der Waals surface area contributed by atoms with Gasteiger partial charge in [0, 0.05) is 18.5 Å². The summed E-state index contributed by atoms with van der Waals surface area (Å²) in [6, 6.07) is 7.02. The van der Waals surface area contributed by atoms with Crippen LogP contribution in [0.2, 0.25) is 10.0 Å². The maximum absolute atomic E-state index is 5.55. The van der Waals surface area contributed by atoms with E-state index in [1.807, 2.05) is 0 Å². The third-order valence-electron chi connectivity index (χ3n) is 0.804. The number of hydrogen-bond donors (Lipinski definition) is 0. The minimum atomic E-state index is 0.